The van der Waals surface area contributed by atoms with Crippen LogP contribution in [0.5, 0.6) is 0 Å². The largest absolute Gasteiger partial charge is 0.393 e. The lowest BCUT2D eigenvalue weighted by molar-refractivity contribution is 0.0302. The zero-order valence-corrected chi connectivity index (χ0v) is 14.7. The molecule has 0 heterocycles. The van der Waals surface area contributed by atoms with E-state index in [0.29, 0.717) is 11.8 Å². The monoisotopic (exact) mass is 316 g/mol. The normalized spacial score (nSPS) is 43.0. The Kier molecular flexibility index (Phi) is 4.85. The highest BCUT2D eigenvalue weighted by Crippen LogP contribution is 2.58. The van der Waals surface area contributed by atoms with Crippen molar-refractivity contribution in [3.8, 4) is 0 Å². The standard InChI is InChI=1S/C21H32O2/c1-14-6-9-18(23)13-17(14)8-7-16-5-4-12-21(3)19(15(2)22)10-11-20(16)21/h7-8,15,18-20,22-23H,1,4-6,9-13H2,2-3H3/t15-,18+,19+,20-,21+/m0/s1. The maximum Gasteiger partial charge on any atom is 0.0583 e. The molecule has 0 spiro atoms. The maximum absolute atomic E-state index is 10.2. The molecule has 0 bridgehead atoms. The molecular formula is C21H32O2. The van der Waals surface area contributed by atoms with Gasteiger partial charge in [-0.3, -0.25) is 0 Å². The Morgan fingerprint density at radius 1 is 1.22 bits per heavy atom. The van der Waals surface area contributed by atoms with Gasteiger partial charge in [0.1, 0.15) is 0 Å². The van der Waals surface area contributed by atoms with Crippen LogP contribution in [0, 0.1) is 17.3 Å². The fourth-order valence-electron chi connectivity index (χ4n) is 5.47. The first kappa shape index (κ1) is 17.0. The maximum atomic E-state index is 10.2. The van der Waals surface area contributed by atoms with Gasteiger partial charge in [0, 0.05) is 0 Å². The van der Waals surface area contributed by atoms with Crippen molar-refractivity contribution < 1.29 is 10.2 Å². The van der Waals surface area contributed by atoms with Crippen LogP contribution in [0.15, 0.2) is 35.5 Å². The molecule has 3 aliphatic rings. The summed E-state index contributed by atoms with van der Waals surface area (Å²) in [5, 5.41) is 20.1. The fraction of sp³-hybridized carbons (Fsp3) is 0.714. The minimum atomic E-state index is -0.201. The zero-order chi connectivity index (χ0) is 16.6. The number of hydrogen-bond acceptors (Lipinski definition) is 2. The van der Waals surface area contributed by atoms with E-state index in [1.54, 1.807) is 5.57 Å². The summed E-state index contributed by atoms with van der Waals surface area (Å²) in [5.74, 6) is 1.06. The van der Waals surface area contributed by atoms with Gasteiger partial charge >= 0.3 is 0 Å². The predicted molar refractivity (Wildman–Crippen MR) is 95.0 cm³/mol. The van der Waals surface area contributed by atoms with Crippen LogP contribution in [0.2, 0.25) is 0 Å². The smallest absolute Gasteiger partial charge is 0.0583 e. The Labute approximate surface area is 141 Å². The van der Waals surface area contributed by atoms with E-state index < -0.39 is 0 Å². The Morgan fingerprint density at radius 3 is 2.74 bits per heavy atom. The average molecular weight is 316 g/mol. The molecule has 0 aromatic carbocycles. The van der Waals surface area contributed by atoms with Gasteiger partial charge in [0.05, 0.1) is 12.2 Å². The molecule has 2 N–H and O–H groups in total. The van der Waals surface area contributed by atoms with Crippen LogP contribution in [-0.2, 0) is 0 Å². The molecule has 2 heteroatoms. The second kappa shape index (κ2) is 6.57. The van der Waals surface area contributed by atoms with E-state index in [9.17, 15) is 10.2 Å². The SMILES string of the molecule is C=C1CC[C@@H](O)CC1=CC=C1CCC[C@]2(C)[C@@H]([C@H](C)O)CC[C@@H]12. The van der Waals surface area contributed by atoms with E-state index >= 15 is 0 Å². The van der Waals surface area contributed by atoms with Crippen molar-refractivity contribution in [2.45, 2.75) is 77.4 Å². The topological polar surface area (TPSA) is 40.5 Å². The number of allylic oxidation sites excluding steroid dienone is 4. The summed E-state index contributed by atoms with van der Waals surface area (Å²) in [6.07, 6.45) is 12.7. The van der Waals surface area contributed by atoms with Crippen molar-refractivity contribution in [3.05, 3.63) is 35.5 Å². The first-order valence-electron chi connectivity index (χ1n) is 9.35. The van der Waals surface area contributed by atoms with Crippen LogP contribution >= 0.6 is 0 Å². The molecule has 0 unspecified atom stereocenters. The summed E-state index contributed by atoms with van der Waals surface area (Å²) in [5.41, 5.74) is 4.25. The molecule has 3 aliphatic carbocycles. The molecular weight excluding hydrogens is 284 g/mol. The van der Waals surface area contributed by atoms with Gasteiger partial charge in [0.15, 0.2) is 0 Å². The van der Waals surface area contributed by atoms with Crippen molar-refractivity contribution in [1.29, 1.82) is 0 Å². The molecule has 2 nitrogen and oxygen atoms in total. The van der Waals surface area contributed by atoms with Crippen molar-refractivity contribution in [3.63, 3.8) is 0 Å². The number of fused-ring (bicyclic) bond motifs is 1. The minimum absolute atomic E-state index is 0.198. The molecule has 3 saturated carbocycles. The fourth-order valence-corrected chi connectivity index (χ4v) is 5.47. The average Bonchev–Trinajstić information content (AvgIpc) is 2.86. The third-order valence-electron chi connectivity index (χ3n) is 6.81. The lowest BCUT2D eigenvalue weighted by Crippen LogP contribution is -2.37. The van der Waals surface area contributed by atoms with Gasteiger partial charge in [-0.1, -0.05) is 36.8 Å². The summed E-state index contributed by atoms with van der Waals surface area (Å²) in [4.78, 5) is 0. The molecule has 23 heavy (non-hydrogen) atoms. The second-order valence-electron chi connectivity index (χ2n) is 8.27. The summed E-state index contributed by atoms with van der Waals surface area (Å²) in [7, 11) is 0. The van der Waals surface area contributed by atoms with Crippen LogP contribution in [0.1, 0.15) is 65.2 Å². The van der Waals surface area contributed by atoms with Gasteiger partial charge in [-0.05, 0) is 81.1 Å². The first-order chi connectivity index (χ1) is 10.9. The van der Waals surface area contributed by atoms with Gasteiger partial charge < -0.3 is 10.2 Å². The first-order valence-corrected chi connectivity index (χ1v) is 9.35. The highest BCUT2D eigenvalue weighted by Gasteiger charge is 2.50. The molecule has 0 aromatic heterocycles. The summed E-state index contributed by atoms with van der Waals surface area (Å²) < 4.78 is 0. The molecule has 0 radical (unpaired) electrons. The lowest BCUT2D eigenvalue weighted by Gasteiger charge is -2.43. The summed E-state index contributed by atoms with van der Waals surface area (Å²) in [6, 6.07) is 0. The van der Waals surface area contributed by atoms with Crippen LogP contribution in [-0.4, -0.2) is 22.4 Å². The van der Waals surface area contributed by atoms with Crippen molar-refractivity contribution >= 4 is 0 Å². The predicted octanol–water partition coefficient (Wildman–Crippen LogP) is 4.54. The van der Waals surface area contributed by atoms with Gasteiger partial charge in [-0.25, -0.2) is 0 Å². The van der Waals surface area contributed by atoms with Crippen LogP contribution < -0.4 is 0 Å². The van der Waals surface area contributed by atoms with E-state index in [-0.39, 0.29) is 17.6 Å². The summed E-state index contributed by atoms with van der Waals surface area (Å²) in [6.45, 7) is 8.53. The third-order valence-corrected chi connectivity index (χ3v) is 6.81. The Bertz CT molecular complexity index is 528. The minimum Gasteiger partial charge on any atom is -0.393 e. The van der Waals surface area contributed by atoms with Gasteiger partial charge in [-0.15, -0.1) is 0 Å². The van der Waals surface area contributed by atoms with E-state index in [1.165, 1.54) is 36.8 Å². The zero-order valence-electron chi connectivity index (χ0n) is 14.7. The van der Waals surface area contributed by atoms with Gasteiger partial charge in [-0.2, -0.15) is 0 Å². The quantitative estimate of drug-likeness (QED) is 0.785. The number of hydrogen-bond donors (Lipinski definition) is 2. The highest BCUT2D eigenvalue weighted by molar-refractivity contribution is 5.36. The van der Waals surface area contributed by atoms with Crippen molar-refractivity contribution in [2.75, 3.05) is 0 Å². The molecule has 0 aliphatic heterocycles. The van der Waals surface area contributed by atoms with E-state index in [4.69, 9.17) is 0 Å². The Hall–Kier alpha value is -0.860. The molecule has 0 amide bonds. The Morgan fingerprint density at radius 2 is 2.00 bits per heavy atom. The molecule has 3 fully saturated rings. The Balaban J connectivity index is 1.81. The van der Waals surface area contributed by atoms with Crippen molar-refractivity contribution in [2.24, 2.45) is 17.3 Å². The number of rotatable bonds is 2. The molecule has 0 aromatic rings. The molecule has 128 valence electrons. The third kappa shape index (κ3) is 3.21. The summed E-state index contributed by atoms with van der Waals surface area (Å²) >= 11 is 0. The van der Waals surface area contributed by atoms with E-state index in [1.807, 2.05) is 6.92 Å². The highest BCUT2D eigenvalue weighted by atomic mass is 16.3. The molecule has 5 atom stereocenters. The second-order valence-corrected chi connectivity index (χ2v) is 8.27. The van der Waals surface area contributed by atoms with E-state index in [0.717, 1.165) is 25.7 Å². The van der Waals surface area contributed by atoms with Gasteiger partial charge in [0.2, 0.25) is 0 Å². The van der Waals surface area contributed by atoms with Crippen LogP contribution in [0.4, 0.5) is 0 Å². The molecule has 3 rings (SSSR count). The lowest BCUT2D eigenvalue weighted by atomic mass is 9.62. The van der Waals surface area contributed by atoms with Crippen LogP contribution in [0.3, 0.4) is 0 Å². The van der Waals surface area contributed by atoms with Crippen molar-refractivity contribution in [1.82, 2.24) is 0 Å². The number of aliphatic hydroxyl groups is 2. The molecule has 0 saturated heterocycles. The van der Waals surface area contributed by atoms with Crippen LogP contribution in [0.25, 0.3) is 0 Å². The number of aliphatic hydroxyl groups excluding tert-OH is 2. The van der Waals surface area contributed by atoms with Gasteiger partial charge in [0.25, 0.3) is 0 Å². The van der Waals surface area contributed by atoms with E-state index in [2.05, 4.69) is 25.7 Å².